The number of carbonyl (C=O) groups excluding carboxylic acids is 1. The third kappa shape index (κ3) is 2.96. The van der Waals surface area contributed by atoms with Gasteiger partial charge in [-0.05, 0) is 32.1 Å². The first-order chi connectivity index (χ1) is 6.50. The summed E-state index contributed by atoms with van der Waals surface area (Å²) in [5.41, 5.74) is 5.44. The molecule has 0 aromatic rings. The molecule has 1 fully saturated rings. The van der Waals surface area contributed by atoms with Crippen molar-refractivity contribution < 1.29 is 9.90 Å². The minimum absolute atomic E-state index is 0.0969. The zero-order valence-electron chi connectivity index (χ0n) is 8.86. The molecule has 0 aromatic heterocycles. The van der Waals surface area contributed by atoms with Crippen molar-refractivity contribution in [1.82, 2.24) is 5.32 Å². The Morgan fingerprint density at radius 3 is 2.71 bits per heavy atom. The van der Waals surface area contributed by atoms with Crippen LogP contribution in [0.25, 0.3) is 0 Å². The summed E-state index contributed by atoms with van der Waals surface area (Å²) in [6.07, 6.45) is 2.27. The van der Waals surface area contributed by atoms with E-state index in [9.17, 15) is 9.90 Å². The predicted molar refractivity (Wildman–Crippen MR) is 54.6 cm³/mol. The van der Waals surface area contributed by atoms with Gasteiger partial charge in [-0.1, -0.05) is 6.92 Å². The van der Waals surface area contributed by atoms with Gasteiger partial charge < -0.3 is 16.2 Å². The molecule has 14 heavy (non-hydrogen) atoms. The first-order valence-electron chi connectivity index (χ1n) is 5.24. The van der Waals surface area contributed by atoms with E-state index in [0.29, 0.717) is 12.3 Å². The maximum absolute atomic E-state index is 11.3. The molecule has 1 aliphatic carbocycles. The van der Waals surface area contributed by atoms with Gasteiger partial charge in [0.25, 0.3) is 0 Å². The second kappa shape index (κ2) is 4.75. The molecule has 0 saturated heterocycles. The molecule has 0 bridgehead atoms. The fourth-order valence-corrected chi connectivity index (χ4v) is 1.76. The average Bonchev–Trinajstić information content (AvgIpc) is 2.11. The molecule has 1 amide bonds. The topological polar surface area (TPSA) is 75.4 Å². The third-order valence-electron chi connectivity index (χ3n) is 2.91. The van der Waals surface area contributed by atoms with Crippen molar-refractivity contribution in [1.29, 1.82) is 0 Å². The van der Waals surface area contributed by atoms with Crippen LogP contribution in [-0.2, 0) is 4.79 Å². The Labute approximate surface area is 84.9 Å². The van der Waals surface area contributed by atoms with Crippen LogP contribution in [0, 0.1) is 5.92 Å². The fourth-order valence-electron chi connectivity index (χ4n) is 1.76. The Hall–Kier alpha value is -0.610. The molecular weight excluding hydrogens is 180 g/mol. The van der Waals surface area contributed by atoms with Crippen LogP contribution in [0.3, 0.4) is 0 Å². The number of nitrogens with one attached hydrogen (secondary N) is 1. The molecule has 1 aliphatic rings. The van der Waals surface area contributed by atoms with Crippen LogP contribution in [0.15, 0.2) is 0 Å². The highest BCUT2D eigenvalue weighted by Crippen LogP contribution is 2.24. The van der Waals surface area contributed by atoms with Crippen LogP contribution >= 0.6 is 0 Å². The highest BCUT2D eigenvalue weighted by Gasteiger charge is 2.27. The first-order valence-corrected chi connectivity index (χ1v) is 5.24. The summed E-state index contributed by atoms with van der Waals surface area (Å²) >= 11 is 0. The fraction of sp³-hybridized carbons (Fsp3) is 0.900. The van der Waals surface area contributed by atoms with Crippen LogP contribution in [0.1, 0.15) is 33.1 Å². The molecule has 4 atom stereocenters. The van der Waals surface area contributed by atoms with Crippen molar-refractivity contribution in [3.05, 3.63) is 0 Å². The summed E-state index contributed by atoms with van der Waals surface area (Å²) in [5, 5.41) is 12.5. The summed E-state index contributed by atoms with van der Waals surface area (Å²) in [7, 11) is 0. The van der Waals surface area contributed by atoms with E-state index in [1.807, 2.05) is 6.92 Å². The molecule has 1 rings (SSSR count). The van der Waals surface area contributed by atoms with Gasteiger partial charge in [-0.3, -0.25) is 4.79 Å². The Balaban J connectivity index is 2.37. The summed E-state index contributed by atoms with van der Waals surface area (Å²) in [6, 6.07) is -0.369. The number of hydrogen-bond acceptors (Lipinski definition) is 3. The van der Waals surface area contributed by atoms with Crippen molar-refractivity contribution >= 4 is 5.91 Å². The molecule has 4 heteroatoms. The number of aliphatic hydroxyl groups excluding tert-OH is 1. The van der Waals surface area contributed by atoms with Crippen LogP contribution in [0.4, 0.5) is 0 Å². The second-order valence-corrected chi connectivity index (χ2v) is 4.35. The van der Waals surface area contributed by atoms with E-state index >= 15 is 0 Å². The summed E-state index contributed by atoms with van der Waals surface area (Å²) in [5.74, 6) is 0.218. The van der Waals surface area contributed by atoms with E-state index in [0.717, 1.165) is 12.8 Å². The molecule has 82 valence electrons. The highest BCUT2D eigenvalue weighted by atomic mass is 16.3. The Morgan fingerprint density at radius 2 is 2.21 bits per heavy atom. The highest BCUT2D eigenvalue weighted by molar-refractivity contribution is 5.81. The lowest BCUT2D eigenvalue weighted by Gasteiger charge is -2.31. The van der Waals surface area contributed by atoms with Crippen LogP contribution in [0.5, 0.6) is 0 Å². The van der Waals surface area contributed by atoms with E-state index in [1.54, 1.807) is 6.92 Å². The number of nitrogens with two attached hydrogens (primary N) is 1. The first kappa shape index (κ1) is 11.5. The molecular formula is C10H20N2O2. The number of rotatable bonds is 2. The molecule has 0 aliphatic heterocycles. The largest absolute Gasteiger partial charge is 0.393 e. The van der Waals surface area contributed by atoms with E-state index in [1.165, 1.54) is 0 Å². The number of hydrogen-bond donors (Lipinski definition) is 3. The molecule has 0 spiro atoms. The molecule has 0 radical (unpaired) electrons. The number of carbonyl (C=O) groups is 1. The Bertz CT molecular complexity index is 206. The molecule has 0 unspecified atom stereocenters. The molecule has 1 saturated carbocycles. The lowest BCUT2D eigenvalue weighted by Crippen LogP contribution is -2.47. The smallest absolute Gasteiger partial charge is 0.236 e. The third-order valence-corrected chi connectivity index (χ3v) is 2.91. The quantitative estimate of drug-likeness (QED) is 0.587. The van der Waals surface area contributed by atoms with Gasteiger partial charge in [0.05, 0.1) is 12.1 Å². The lowest BCUT2D eigenvalue weighted by atomic mass is 9.85. The lowest BCUT2D eigenvalue weighted by molar-refractivity contribution is -0.123. The molecule has 4 nitrogen and oxygen atoms in total. The van der Waals surface area contributed by atoms with E-state index < -0.39 is 6.04 Å². The number of amides is 1. The van der Waals surface area contributed by atoms with Crippen molar-refractivity contribution in [3.63, 3.8) is 0 Å². The summed E-state index contributed by atoms with van der Waals surface area (Å²) in [4.78, 5) is 11.3. The monoisotopic (exact) mass is 200 g/mol. The van der Waals surface area contributed by atoms with Gasteiger partial charge in [0.1, 0.15) is 0 Å². The van der Waals surface area contributed by atoms with Gasteiger partial charge in [0, 0.05) is 6.04 Å². The van der Waals surface area contributed by atoms with E-state index in [4.69, 9.17) is 5.73 Å². The van der Waals surface area contributed by atoms with Gasteiger partial charge in [-0.25, -0.2) is 0 Å². The number of aliphatic hydroxyl groups is 1. The standard InChI is InChI=1S/C10H20N2O2/c1-6-3-4-8(5-9(6)13)12-10(14)7(2)11/h6-9,13H,3-5,11H2,1-2H3,(H,12,14)/t6-,7+,8-,9-/m1/s1. The summed E-state index contributed by atoms with van der Waals surface area (Å²) < 4.78 is 0. The maximum Gasteiger partial charge on any atom is 0.236 e. The normalized spacial score (nSPS) is 35.0. The van der Waals surface area contributed by atoms with Gasteiger partial charge in [0.15, 0.2) is 0 Å². The zero-order valence-corrected chi connectivity index (χ0v) is 8.86. The molecule has 0 aromatic carbocycles. The van der Waals surface area contributed by atoms with Crippen molar-refractivity contribution in [3.8, 4) is 0 Å². The maximum atomic E-state index is 11.3. The van der Waals surface area contributed by atoms with E-state index in [-0.39, 0.29) is 18.1 Å². The predicted octanol–water partition coefficient (Wildman–Crippen LogP) is -0.000700. The van der Waals surface area contributed by atoms with Gasteiger partial charge in [0.2, 0.25) is 5.91 Å². The summed E-state index contributed by atoms with van der Waals surface area (Å²) in [6.45, 7) is 3.70. The SMILES string of the molecule is C[C@H](N)C(=O)N[C@@H]1CC[C@@H](C)[C@H](O)C1. The van der Waals surface area contributed by atoms with Crippen LogP contribution in [-0.4, -0.2) is 29.2 Å². The van der Waals surface area contributed by atoms with Gasteiger partial charge in [-0.15, -0.1) is 0 Å². The second-order valence-electron chi connectivity index (χ2n) is 4.35. The average molecular weight is 200 g/mol. The van der Waals surface area contributed by atoms with Crippen LogP contribution < -0.4 is 11.1 Å². The van der Waals surface area contributed by atoms with Crippen molar-refractivity contribution in [2.75, 3.05) is 0 Å². The van der Waals surface area contributed by atoms with Gasteiger partial charge in [-0.2, -0.15) is 0 Å². The van der Waals surface area contributed by atoms with Crippen LogP contribution in [0.2, 0.25) is 0 Å². The van der Waals surface area contributed by atoms with Crippen molar-refractivity contribution in [2.45, 2.75) is 51.3 Å². The minimum Gasteiger partial charge on any atom is -0.393 e. The zero-order chi connectivity index (χ0) is 10.7. The Kier molecular flexibility index (Phi) is 3.89. The van der Waals surface area contributed by atoms with E-state index in [2.05, 4.69) is 5.32 Å². The molecule has 4 N–H and O–H groups in total. The van der Waals surface area contributed by atoms with Gasteiger partial charge >= 0.3 is 0 Å². The minimum atomic E-state index is -0.466. The van der Waals surface area contributed by atoms with Crippen molar-refractivity contribution in [2.24, 2.45) is 11.7 Å². The Morgan fingerprint density at radius 1 is 1.57 bits per heavy atom. The molecule has 0 heterocycles.